The number of carbonyl (C=O) groups is 2. The van der Waals surface area contributed by atoms with Crippen molar-refractivity contribution in [2.24, 2.45) is 5.92 Å². The van der Waals surface area contributed by atoms with Crippen molar-refractivity contribution in [3.63, 3.8) is 0 Å². The largest absolute Gasteiger partial charge is 0.469 e. The fourth-order valence-corrected chi connectivity index (χ4v) is 2.90. The van der Waals surface area contributed by atoms with E-state index >= 15 is 0 Å². The van der Waals surface area contributed by atoms with Gasteiger partial charge in [-0.1, -0.05) is 0 Å². The van der Waals surface area contributed by atoms with E-state index in [-0.39, 0.29) is 17.8 Å². The number of likely N-dealkylation sites (tertiary alicyclic amines) is 1. The Morgan fingerprint density at radius 1 is 1.63 bits per heavy atom. The molecule has 0 saturated carbocycles. The molecule has 2 rings (SSSR count). The number of hydrogen-bond donors (Lipinski definition) is 1. The van der Waals surface area contributed by atoms with Gasteiger partial charge >= 0.3 is 5.97 Å². The van der Waals surface area contributed by atoms with Crippen LogP contribution >= 0.6 is 11.3 Å². The number of aromatic nitrogens is 1. The molecule has 0 bridgehead atoms. The summed E-state index contributed by atoms with van der Waals surface area (Å²) in [7, 11) is 1.42. The van der Waals surface area contributed by atoms with Gasteiger partial charge in [0, 0.05) is 25.4 Å². The first-order valence-corrected chi connectivity index (χ1v) is 6.98. The predicted molar refractivity (Wildman–Crippen MR) is 71.8 cm³/mol. The number of thiazole rings is 1. The number of amides is 1. The van der Waals surface area contributed by atoms with Crippen LogP contribution in [0.2, 0.25) is 0 Å². The van der Waals surface area contributed by atoms with Gasteiger partial charge in [-0.05, 0) is 13.0 Å². The van der Waals surface area contributed by atoms with Gasteiger partial charge < -0.3 is 10.1 Å². The van der Waals surface area contributed by atoms with Crippen molar-refractivity contribution in [2.45, 2.75) is 19.9 Å². The van der Waals surface area contributed by atoms with E-state index in [0.717, 1.165) is 18.7 Å². The number of esters is 1. The molecule has 1 aliphatic rings. The minimum atomic E-state index is -0.139. The highest BCUT2D eigenvalue weighted by Crippen LogP contribution is 2.22. The van der Waals surface area contributed by atoms with Gasteiger partial charge in [0.15, 0.2) is 5.13 Å². The van der Waals surface area contributed by atoms with Crippen molar-refractivity contribution in [1.82, 2.24) is 9.88 Å². The zero-order chi connectivity index (χ0) is 13.8. The highest BCUT2D eigenvalue weighted by Gasteiger charge is 2.29. The first-order valence-electron chi connectivity index (χ1n) is 6.10. The van der Waals surface area contributed by atoms with E-state index in [0.29, 0.717) is 18.2 Å². The van der Waals surface area contributed by atoms with E-state index in [1.54, 1.807) is 0 Å². The van der Waals surface area contributed by atoms with Crippen LogP contribution in [0.15, 0.2) is 5.38 Å². The Labute approximate surface area is 115 Å². The maximum Gasteiger partial charge on any atom is 0.310 e. The van der Waals surface area contributed by atoms with Gasteiger partial charge in [0.05, 0.1) is 18.7 Å². The van der Waals surface area contributed by atoms with E-state index in [4.69, 9.17) is 4.74 Å². The number of rotatable bonds is 4. The fraction of sp³-hybridized carbons (Fsp3) is 0.583. The van der Waals surface area contributed by atoms with Crippen LogP contribution in [0.3, 0.4) is 0 Å². The van der Waals surface area contributed by atoms with Gasteiger partial charge in [-0.15, -0.1) is 11.3 Å². The molecule has 0 radical (unpaired) electrons. The predicted octanol–water partition coefficient (Wildman–Crippen LogP) is 1.10. The van der Waals surface area contributed by atoms with Crippen LogP contribution in [0.5, 0.6) is 0 Å². The van der Waals surface area contributed by atoms with Gasteiger partial charge in [0.2, 0.25) is 5.91 Å². The number of anilines is 1. The second-order valence-corrected chi connectivity index (χ2v) is 5.43. The third-order valence-corrected chi connectivity index (χ3v) is 3.83. The summed E-state index contributed by atoms with van der Waals surface area (Å²) in [6, 6.07) is 0. The summed E-state index contributed by atoms with van der Waals surface area (Å²) in [4.78, 5) is 28.8. The van der Waals surface area contributed by atoms with Crippen LogP contribution in [-0.2, 0) is 20.9 Å². The molecule has 1 amide bonds. The second-order valence-electron chi connectivity index (χ2n) is 4.57. The minimum absolute atomic E-state index is 0.0292. The lowest BCUT2D eigenvalue weighted by atomic mass is 10.1. The molecule has 0 spiro atoms. The fourth-order valence-electron chi connectivity index (χ4n) is 2.15. The number of hydrogen-bond acceptors (Lipinski definition) is 6. The summed E-state index contributed by atoms with van der Waals surface area (Å²) >= 11 is 1.41. The Bertz CT molecular complexity index is 475. The molecule has 1 aliphatic heterocycles. The molecule has 0 aliphatic carbocycles. The number of carbonyl (C=O) groups excluding carboxylic acids is 2. The first kappa shape index (κ1) is 14.0. The maximum atomic E-state index is 11.4. The highest BCUT2D eigenvalue weighted by molar-refractivity contribution is 7.13. The molecule has 1 N–H and O–H groups in total. The molecular weight excluding hydrogens is 266 g/mol. The summed E-state index contributed by atoms with van der Waals surface area (Å²) in [6.07, 6.45) is 0.829. The quantitative estimate of drug-likeness (QED) is 0.838. The average Bonchev–Trinajstić information content (AvgIpc) is 2.98. The van der Waals surface area contributed by atoms with E-state index in [9.17, 15) is 9.59 Å². The van der Waals surface area contributed by atoms with Gasteiger partial charge in [-0.25, -0.2) is 4.98 Å². The van der Waals surface area contributed by atoms with Crippen LogP contribution in [0.25, 0.3) is 0 Å². The standard InChI is InChI=1S/C12H17N3O3S/c1-8(16)13-12-14-10(7-19-12)6-15-4-3-9(5-15)11(17)18-2/h7,9H,3-6H2,1-2H3,(H,13,14,16). The summed E-state index contributed by atoms with van der Waals surface area (Å²) in [5, 5.41) is 5.21. The van der Waals surface area contributed by atoms with Crippen molar-refractivity contribution in [3.8, 4) is 0 Å². The first-order chi connectivity index (χ1) is 9.08. The smallest absolute Gasteiger partial charge is 0.310 e. The van der Waals surface area contributed by atoms with E-state index < -0.39 is 0 Å². The van der Waals surface area contributed by atoms with Crippen LogP contribution < -0.4 is 5.32 Å². The molecule has 1 aromatic rings. The molecular formula is C12H17N3O3S. The molecule has 6 nitrogen and oxygen atoms in total. The summed E-state index contributed by atoms with van der Waals surface area (Å²) in [5.41, 5.74) is 0.916. The van der Waals surface area contributed by atoms with Crippen molar-refractivity contribution in [3.05, 3.63) is 11.1 Å². The Morgan fingerprint density at radius 3 is 3.11 bits per heavy atom. The minimum Gasteiger partial charge on any atom is -0.469 e. The number of nitrogens with zero attached hydrogens (tertiary/aromatic N) is 2. The van der Waals surface area contributed by atoms with Crippen LogP contribution in [-0.4, -0.2) is 42.0 Å². The van der Waals surface area contributed by atoms with Crippen LogP contribution in [0, 0.1) is 5.92 Å². The molecule has 7 heteroatoms. The molecule has 1 fully saturated rings. The molecule has 2 heterocycles. The molecule has 104 valence electrons. The normalized spacial score (nSPS) is 19.4. The third kappa shape index (κ3) is 3.74. The SMILES string of the molecule is COC(=O)C1CCN(Cc2csc(NC(C)=O)n2)C1. The highest BCUT2D eigenvalue weighted by atomic mass is 32.1. The van der Waals surface area contributed by atoms with E-state index in [1.807, 2.05) is 5.38 Å². The van der Waals surface area contributed by atoms with Gasteiger partial charge in [-0.3, -0.25) is 14.5 Å². The summed E-state index contributed by atoms with van der Waals surface area (Å²) in [6.45, 7) is 3.73. The Balaban J connectivity index is 1.87. The molecule has 1 atom stereocenters. The van der Waals surface area contributed by atoms with Crippen molar-refractivity contribution in [1.29, 1.82) is 0 Å². The lowest BCUT2D eigenvalue weighted by molar-refractivity contribution is -0.144. The van der Waals surface area contributed by atoms with Crippen molar-refractivity contribution in [2.75, 3.05) is 25.5 Å². The molecule has 0 aromatic carbocycles. The number of methoxy groups -OCH3 is 1. The average molecular weight is 283 g/mol. The molecule has 1 unspecified atom stereocenters. The van der Waals surface area contributed by atoms with E-state index in [1.165, 1.54) is 25.4 Å². The topological polar surface area (TPSA) is 71.5 Å². The maximum absolute atomic E-state index is 11.4. The van der Waals surface area contributed by atoms with Gasteiger partial charge in [0.25, 0.3) is 0 Å². The number of ether oxygens (including phenoxy) is 1. The Kier molecular flexibility index (Phi) is 4.49. The van der Waals surface area contributed by atoms with Gasteiger partial charge in [-0.2, -0.15) is 0 Å². The lowest BCUT2D eigenvalue weighted by Gasteiger charge is -2.13. The van der Waals surface area contributed by atoms with Crippen molar-refractivity contribution < 1.29 is 14.3 Å². The molecule has 1 aromatic heterocycles. The van der Waals surface area contributed by atoms with Gasteiger partial charge in [0.1, 0.15) is 0 Å². The third-order valence-electron chi connectivity index (χ3n) is 3.03. The summed E-state index contributed by atoms with van der Waals surface area (Å²) in [5.74, 6) is -0.286. The monoisotopic (exact) mass is 283 g/mol. The van der Waals surface area contributed by atoms with Crippen LogP contribution in [0.1, 0.15) is 19.0 Å². The summed E-state index contributed by atoms with van der Waals surface area (Å²) < 4.78 is 4.75. The second kappa shape index (κ2) is 6.12. The lowest BCUT2D eigenvalue weighted by Crippen LogP contribution is -2.23. The Morgan fingerprint density at radius 2 is 2.42 bits per heavy atom. The number of nitrogens with one attached hydrogen (secondary N) is 1. The van der Waals surface area contributed by atoms with E-state index in [2.05, 4.69) is 15.2 Å². The molecule has 19 heavy (non-hydrogen) atoms. The van der Waals surface area contributed by atoms with Crippen molar-refractivity contribution >= 4 is 28.3 Å². The van der Waals surface area contributed by atoms with Crippen LogP contribution in [0.4, 0.5) is 5.13 Å². The zero-order valence-electron chi connectivity index (χ0n) is 11.0. The molecule has 1 saturated heterocycles. The Hall–Kier alpha value is -1.47. The zero-order valence-corrected chi connectivity index (χ0v) is 11.8.